The number of nitrogens with zero attached hydrogens (tertiary/aromatic N) is 1. The summed E-state index contributed by atoms with van der Waals surface area (Å²) in [5.74, 6) is 0.634. The van der Waals surface area contributed by atoms with Crippen molar-refractivity contribution in [1.82, 2.24) is 4.98 Å². The molecule has 20 heavy (non-hydrogen) atoms. The van der Waals surface area contributed by atoms with E-state index in [0.717, 1.165) is 12.1 Å². The van der Waals surface area contributed by atoms with E-state index in [0.29, 0.717) is 17.0 Å². The monoisotopic (exact) mass is 285 g/mol. The summed E-state index contributed by atoms with van der Waals surface area (Å²) in [6.45, 7) is 3.43. The second-order valence-electron chi connectivity index (χ2n) is 4.62. The third-order valence-corrected chi connectivity index (χ3v) is 3.03. The average Bonchev–Trinajstić information content (AvgIpc) is 2.79. The quantitative estimate of drug-likeness (QED) is 0.933. The molecule has 1 heterocycles. The average molecular weight is 285 g/mol. The van der Waals surface area contributed by atoms with Crippen molar-refractivity contribution in [2.45, 2.75) is 25.9 Å². The van der Waals surface area contributed by atoms with Crippen LogP contribution in [0.15, 0.2) is 28.7 Å². The molecule has 0 radical (unpaired) electrons. The van der Waals surface area contributed by atoms with Gasteiger partial charge >= 0.3 is 6.18 Å². The lowest BCUT2D eigenvalue weighted by Gasteiger charge is -2.06. The molecular weight excluding hydrogens is 271 g/mol. The molecule has 1 N–H and O–H groups in total. The first-order valence-electron chi connectivity index (χ1n) is 6.08. The zero-order chi connectivity index (χ0) is 14.9. The molecule has 2 aromatic rings. The molecule has 0 spiro atoms. The number of aryl methyl sites for hydroxylation is 1. The molecule has 0 bridgehead atoms. The zero-order valence-electron chi connectivity index (χ0n) is 11.0. The molecule has 1 aromatic heterocycles. The van der Waals surface area contributed by atoms with Gasteiger partial charge in [0.1, 0.15) is 5.76 Å². The van der Waals surface area contributed by atoms with Crippen LogP contribution in [0.25, 0.3) is 11.5 Å². The fourth-order valence-electron chi connectivity index (χ4n) is 1.88. The van der Waals surface area contributed by atoms with Crippen molar-refractivity contribution in [2.24, 2.45) is 0 Å². The van der Waals surface area contributed by atoms with Crippen LogP contribution in [-0.2, 0) is 6.18 Å². The minimum atomic E-state index is -4.36. The Morgan fingerprint density at radius 1 is 1.25 bits per heavy atom. The molecule has 0 amide bonds. The number of halogens is 3. The van der Waals surface area contributed by atoms with Crippen LogP contribution in [0.5, 0.6) is 0 Å². The van der Waals surface area contributed by atoms with Crippen LogP contribution in [0.1, 0.15) is 29.9 Å². The number of rotatable bonds is 3. The summed E-state index contributed by atoms with van der Waals surface area (Å²) in [7, 11) is 0. The minimum Gasteiger partial charge on any atom is -0.441 e. The Morgan fingerprint density at radius 2 is 1.85 bits per heavy atom. The summed E-state index contributed by atoms with van der Waals surface area (Å²) in [5.41, 5.74) is 0.369. The van der Waals surface area contributed by atoms with Crippen molar-refractivity contribution >= 4 is 0 Å². The minimum absolute atomic E-state index is 0.0696. The van der Waals surface area contributed by atoms with Gasteiger partial charge in [0.2, 0.25) is 5.89 Å². The molecule has 108 valence electrons. The van der Waals surface area contributed by atoms with Gasteiger partial charge in [0, 0.05) is 11.5 Å². The van der Waals surface area contributed by atoms with Crippen LogP contribution in [0.2, 0.25) is 0 Å². The summed E-state index contributed by atoms with van der Waals surface area (Å²) in [5, 5.41) is 9.11. The van der Waals surface area contributed by atoms with Crippen molar-refractivity contribution in [3.05, 3.63) is 41.3 Å². The Morgan fingerprint density at radius 3 is 2.35 bits per heavy atom. The van der Waals surface area contributed by atoms with Gasteiger partial charge in [-0.05, 0) is 31.2 Å². The van der Waals surface area contributed by atoms with Crippen LogP contribution in [0.4, 0.5) is 13.2 Å². The lowest BCUT2D eigenvalue weighted by molar-refractivity contribution is -0.137. The maximum atomic E-state index is 12.5. The van der Waals surface area contributed by atoms with E-state index in [1.807, 2.05) is 0 Å². The van der Waals surface area contributed by atoms with Gasteiger partial charge < -0.3 is 9.52 Å². The van der Waals surface area contributed by atoms with Gasteiger partial charge in [0.05, 0.1) is 17.9 Å². The largest absolute Gasteiger partial charge is 0.441 e. The zero-order valence-corrected chi connectivity index (χ0v) is 11.0. The van der Waals surface area contributed by atoms with Crippen molar-refractivity contribution in [3.8, 4) is 11.5 Å². The molecule has 1 unspecified atom stereocenters. The van der Waals surface area contributed by atoms with Gasteiger partial charge in [-0.2, -0.15) is 13.2 Å². The standard InChI is InChI=1S/C14H14F3NO2/c1-8(7-19)12-9(2)20-13(18-12)10-3-5-11(6-4-10)14(15,16)17/h3-6,8,19H,7H2,1-2H3. The van der Waals surface area contributed by atoms with E-state index in [9.17, 15) is 13.2 Å². The molecule has 0 saturated heterocycles. The normalized spacial score (nSPS) is 13.5. The van der Waals surface area contributed by atoms with Gasteiger partial charge in [0.15, 0.2) is 0 Å². The summed E-state index contributed by atoms with van der Waals surface area (Å²) in [6.07, 6.45) is -4.36. The van der Waals surface area contributed by atoms with E-state index >= 15 is 0 Å². The third kappa shape index (κ3) is 2.85. The highest BCUT2D eigenvalue weighted by molar-refractivity contribution is 5.54. The number of aliphatic hydroxyl groups is 1. The maximum Gasteiger partial charge on any atom is 0.416 e. The molecule has 0 aliphatic carbocycles. The van der Waals surface area contributed by atoms with Gasteiger partial charge in [-0.25, -0.2) is 4.98 Å². The van der Waals surface area contributed by atoms with Gasteiger partial charge in [-0.3, -0.25) is 0 Å². The molecular formula is C14H14F3NO2. The molecule has 3 nitrogen and oxygen atoms in total. The second kappa shape index (κ2) is 5.28. The first-order valence-corrected chi connectivity index (χ1v) is 6.08. The van der Waals surface area contributed by atoms with E-state index in [1.165, 1.54) is 12.1 Å². The van der Waals surface area contributed by atoms with Gasteiger partial charge in [-0.1, -0.05) is 6.92 Å². The number of aliphatic hydroxyl groups excluding tert-OH is 1. The second-order valence-corrected chi connectivity index (χ2v) is 4.62. The third-order valence-electron chi connectivity index (χ3n) is 3.03. The van der Waals surface area contributed by atoms with Crippen LogP contribution in [0.3, 0.4) is 0 Å². The summed E-state index contributed by atoms with van der Waals surface area (Å²) in [6, 6.07) is 4.62. The Bertz CT molecular complexity index is 587. The summed E-state index contributed by atoms with van der Waals surface area (Å²) < 4.78 is 42.9. The summed E-state index contributed by atoms with van der Waals surface area (Å²) in [4.78, 5) is 4.23. The molecule has 2 rings (SSSR count). The van der Waals surface area contributed by atoms with Crippen molar-refractivity contribution in [2.75, 3.05) is 6.61 Å². The fraction of sp³-hybridized carbons (Fsp3) is 0.357. The first kappa shape index (κ1) is 14.6. The molecule has 6 heteroatoms. The molecule has 0 aliphatic rings. The number of benzene rings is 1. The van der Waals surface area contributed by atoms with Gasteiger partial charge in [0.25, 0.3) is 0 Å². The Kier molecular flexibility index (Phi) is 3.85. The van der Waals surface area contributed by atoms with Crippen LogP contribution in [-0.4, -0.2) is 16.7 Å². The van der Waals surface area contributed by atoms with E-state index in [4.69, 9.17) is 9.52 Å². The van der Waals surface area contributed by atoms with E-state index < -0.39 is 11.7 Å². The van der Waals surface area contributed by atoms with Crippen molar-refractivity contribution in [3.63, 3.8) is 0 Å². The highest BCUT2D eigenvalue weighted by Crippen LogP contribution is 2.31. The van der Waals surface area contributed by atoms with E-state index in [1.54, 1.807) is 13.8 Å². The predicted molar refractivity (Wildman–Crippen MR) is 67.2 cm³/mol. The summed E-state index contributed by atoms with van der Waals surface area (Å²) >= 11 is 0. The topological polar surface area (TPSA) is 46.3 Å². The first-order chi connectivity index (χ1) is 9.32. The lowest BCUT2D eigenvalue weighted by Crippen LogP contribution is -2.04. The van der Waals surface area contributed by atoms with E-state index in [2.05, 4.69) is 4.98 Å². The number of hydrogen-bond acceptors (Lipinski definition) is 3. The molecule has 1 aromatic carbocycles. The molecule has 0 saturated carbocycles. The van der Waals surface area contributed by atoms with Crippen LogP contribution < -0.4 is 0 Å². The number of alkyl halides is 3. The number of hydrogen-bond donors (Lipinski definition) is 1. The van der Waals surface area contributed by atoms with Gasteiger partial charge in [-0.15, -0.1) is 0 Å². The fourth-order valence-corrected chi connectivity index (χ4v) is 1.88. The Labute approximate surface area is 114 Å². The van der Waals surface area contributed by atoms with Crippen LogP contribution >= 0.6 is 0 Å². The smallest absolute Gasteiger partial charge is 0.416 e. The SMILES string of the molecule is Cc1oc(-c2ccc(C(F)(F)F)cc2)nc1C(C)CO. The molecule has 0 fully saturated rings. The maximum absolute atomic E-state index is 12.5. The Hall–Kier alpha value is -1.82. The Balaban J connectivity index is 2.33. The molecule has 0 aliphatic heterocycles. The number of aromatic nitrogens is 1. The highest BCUT2D eigenvalue weighted by Gasteiger charge is 2.30. The van der Waals surface area contributed by atoms with Crippen molar-refractivity contribution in [1.29, 1.82) is 0 Å². The van der Waals surface area contributed by atoms with Crippen LogP contribution in [0, 0.1) is 6.92 Å². The van der Waals surface area contributed by atoms with Crippen molar-refractivity contribution < 1.29 is 22.7 Å². The number of oxazole rings is 1. The predicted octanol–water partition coefficient (Wildman–Crippen LogP) is 3.76. The van der Waals surface area contributed by atoms with E-state index in [-0.39, 0.29) is 18.4 Å². The lowest BCUT2D eigenvalue weighted by atomic mass is 10.1. The highest BCUT2D eigenvalue weighted by atomic mass is 19.4. The molecule has 1 atom stereocenters.